The zero-order valence-electron chi connectivity index (χ0n) is 16.1. The van der Waals surface area contributed by atoms with Crippen LogP contribution in [0.3, 0.4) is 0 Å². The van der Waals surface area contributed by atoms with Gasteiger partial charge in [0.05, 0.1) is 11.3 Å². The second-order valence-corrected chi connectivity index (χ2v) is 7.75. The van der Waals surface area contributed by atoms with Crippen molar-refractivity contribution < 1.29 is 8.60 Å². The molecule has 1 atom stereocenters. The van der Waals surface area contributed by atoms with Gasteiger partial charge in [0.15, 0.2) is 0 Å². The number of aryl methyl sites for hydroxylation is 2. The number of anilines is 3. The van der Waals surface area contributed by atoms with E-state index in [1.807, 2.05) is 36.4 Å². The van der Waals surface area contributed by atoms with Crippen molar-refractivity contribution in [1.82, 2.24) is 9.97 Å². The van der Waals surface area contributed by atoms with Gasteiger partial charge in [0, 0.05) is 30.9 Å². The van der Waals surface area contributed by atoms with Crippen molar-refractivity contribution in [3.05, 3.63) is 77.4 Å². The molecule has 1 aromatic heterocycles. The summed E-state index contributed by atoms with van der Waals surface area (Å²) in [6, 6.07) is 15.7. The van der Waals surface area contributed by atoms with Crippen molar-refractivity contribution in [2.45, 2.75) is 12.8 Å². The Labute approximate surface area is 171 Å². The van der Waals surface area contributed by atoms with Crippen LogP contribution in [0.4, 0.5) is 21.7 Å². The molecule has 148 valence electrons. The van der Waals surface area contributed by atoms with Gasteiger partial charge in [0.2, 0.25) is 5.95 Å². The van der Waals surface area contributed by atoms with Gasteiger partial charge in [-0.25, -0.2) is 18.6 Å². The Morgan fingerprint density at radius 1 is 1.21 bits per heavy atom. The van der Waals surface area contributed by atoms with Crippen LogP contribution in [0.25, 0.3) is 0 Å². The SMILES string of the molecule is CN(c1ccccc1CCc1ccnc(Nc2ccc(F)c(C#N)c2)n1)S(C)=O. The van der Waals surface area contributed by atoms with Crippen LogP contribution in [0, 0.1) is 17.1 Å². The van der Waals surface area contributed by atoms with Gasteiger partial charge in [-0.3, -0.25) is 4.31 Å². The van der Waals surface area contributed by atoms with Crippen LogP contribution in [0.15, 0.2) is 54.7 Å². The highest BCUT2D eigenvalue weighted by molar-refractivity contribution is 7.85. The summed E-state index contributed by atoms with van der Waals surface area (Å²) in [4.78, 5) is 8.69. The zero-order chi connectivity index (χ0) is 20.8. The molecule has 1 unspecified atom stereocenters. The van der Waals surface area contributed by atoms with Crippen LogP contribution in [0.2, 0.25) is 0 Å². The van der Waals surface area contributed by atoms with Gasteiger partial charge in [0.25, 0.3) is 0 Å². The van der Waals surface area contributed by atoms with Crippen LogP contribution < -0.4 is 9.62 Å². The Hall–Kier alpha value is -3.31. The van der Waals surface area contributed by atoms with Crippen LogP contribution in [-0.4, -0.2) is 27.5 Å². The van der Waals surface area contributed by atoms with Gasteiger partial charge in [-0.2, -0.15) is 5.26 Å². The molecule has 0 spiro atoms. The number of nitriles is 1. The summed E-state index contributed by atoms with van der Waals surface area (Å²) < 4.78 is 27.0. The van der Waals surface area contributed by atoms with Crippen LogP contribution >= 0.6 is 0 Å². The number of para-hydroxylation sites is 1. The van der Waals surface area contributed by atoms with Crippen molar-refractivity contribution in [3.8, 4) is 6.07 Å². The number of hydrogen-bond donors (Lipinski definition) is 1. The van der Waals surface area contributed by atoms with E-state index in [1.165, 1.54) is 18.2 Å². The van der Waals surface area contributed by atoms with Crippen molar-refractivity contribution in [1.29, 1.82) is 5.26 Å². The van der Waals surface area contributed by atoms with E-state index in [1.54, 1.807) is 23.8 Å². The van der Waals surface area contributed by atoms with Crippen LogP contribution in [-0.2, 0) is 23.8 Å². The van der Waals surface area contributed by atoms with Gasteiger partial charge in [0.1, 0.15) is 22.9 Å². The fourth-order valence-corrected chi connectivity index (χ4v) is 3.30. The normalized spacial score (nSPS) is 11.5. The Kier molecular flexibility index (Phi) is 6.52. The number of nitrogens with zero attached hydrogens (tertiary/aromatic N) is 4. The quantitative estimate of drug-likeness (QED) is 0.643. The van der Waals surface area contributed by atoms with E-state index in [2.05, 4.69) is 15.3 Å². The molecule has 8 heteroatoms. The Morgan fingerprint density at radius 3 is 2.76 bits per heavy atom. The minimum Gasteiger partial charge on any atom is -0.324 e. The highest BCUT2D eigenvalue weighted by Crippen LogP contribution is 2.22. The first-order valence-corrected chi connectivity index (χ1v) is 10.4. The van der Waals surface area contributed by atoms with Crippen molar-refractivity contribution in [2.75, 3.05) is 22.9 Å². The maximum Gasteiger partial charge on any atom is 0.227 e. The largest absolute Gasteiger partial charge is 0.324 e. The predicted molar refractivity (Wildman–Crippen MR) is 113 cm³/mol. The van der Waals surface area contributed by atoms with Crippen molar-refractivity contribution in [2.24, 2.45) is 0 Å². The summed E-state index contributed by atoms with van der Waals surface area (Å²) >= 11 is 0. The molecule has 1 N–H and O–H groups in total. The molecule has 0 aliphatic heterocycles. The third kappa shape index (κ3) is 5.15. The monoisotopic (exact) mass is 409 g/mol. The summed E-state index contributed by atoms with van der Waals surface area (Å²) in [6.07, 6.45) is 4.69. The molecule has 0 saturated heterocycles. The Balaban J connectivity index is 1.73. The lowest BCUT2D eigenvalue weighted by atomic mass is 10.1. The first-order valence-electron chi connectivity index (χ1n) is 8.91. The lowest BCUT2D eigenvalue weighted by Gasteiger charge is -2.19. The third-order valence-electron chi connectivity index (χ3n) is 4.42. The molecule has 0 aliphatic rings. The van der Waals surface area contributed by atoms with Gasteiger partial charge in [-0.1, -0.05) is 18.2 Å². The molecule has 0 fully saturated rings. The Morgan fingerprint density at radius 2 is 2.00 bits per heavy atom. The number of aromatic nitrogens is 2. The van der Waals surface area contributed by atoms with Gasteiger partial charge >= 0.3 is 0 Å². The number of halogens is 1. The number of hydrogen-bond acceptors (Lipinski definition) is 5. The number of rotatable bonds is 7. The summed E-state index contributed by atoms with van der Waals surface area (Å²) in [6.45, 7) is 0. The standard InChI is InChI=1S/C21H20FN5OS/c1-27(29(2)28)20-6-4-3-5-15(20)7-8-17-11-12-24-21(25-17)26-18-9-10-19(22)16(13-18)14-23/h3-6,9-13H,7-8H2,1-2H3,(H,24,25,26). The highest BCUT2D eigenvalue weighted by atomic mass is 32.2. The van der Waals surface area contributed by atoms with E-state index >= 15 is 0 Å². The Bertz CT molecular complexity index is 1080. The molecule has 0 aliphatic carbocycles. The molecule has 6 nitrogen and oxygen atoms in total. The molecule has 2 aromatic carbocycles. The van der Waals surface area contributed by atoms with E-state index < -0.39 is 16.8 Å². The van der Waals surface area contributed by atoms with E-state index in [0.717, 1.165) is 23.4 Å². The topological polar surface area (TPSA) is 81.9 Å². The molecule has 3 rings (SSSR count). The smallest absolute Gasteiger partial charge is 0.227 e. The maximum atomic E-state index is 13.5. The van der Waals surface area contributed by atoms with E-state index in [4.69, 9.17) is 5.26 Å². The predicted octanol–water partition coefficient (Wildman–Crippen LogP) is 3.75. The first kappa shape index (κ1) is 20.4. The third-order valence-corrected chi connectivity index (χ3v) is 5.39. The van der Waals surface area contributed by atoms with E-state index in [-0.39, 0.29) is 5.56 Å². The maximum absolute atomic E-state index is 13.5. The van der Waals surface area contributed by atoms with Crippen LogP contribution in [0.5, 0.6) is 0 Å². The summed E-state index contributed by atoms with van der Waals surface area (Å²) in [5.74, 6) is -0.192. The minimum absolute atomic E-state index is 0.0415. The van der Waals surface area contributed by atoms with E-state index in [9.17, 15) is 8.60 Å². The molecule has 29 heavy (non-hydrogen) atoms. The molecule has 0 radical (unpaired) electrons. The average Bonchev–Trinajstić information content (AvgIpc) is 2.73. The van der Waals surface area contributed by atoms with Crippen molar-refractivity contribution in [3.63, 3.8) is 0 Å². The average molecular weight is 409 g/mol. The summed E-state index contributed by atoms with van der Waals surface area (Å²) in [7, 11) is 0.703. The minimum atomic E-state index is -1.10. The molecule has 0 saturated carbocycles. The van der Waals surface area contributed by atoms with Gasteiger partial charge in [-0.15, -0.1) is 0 Å². The second-order valence-electron chi connectivity index (χ2n) is 6.35. The van der Waals surface area contributed by atoms with Gasteiger partial charge in [-0.05, 0) is 48.7 Å². The van der Waals surface area contributed by atoms with Crippen molar-refractivity contribution >= 4 is 28.3 Å². The second kappa shape index (κ2) is 9.26. The first-order chi connectivity index (χ1) is 14.0. The van der Waals surface area contributed by atoms with Crippen LogP contribution in [0.1, 0.15) is 16.8 Å². The summed E-state index contributed by atoms with van der Waals surface area (Å²) in [5, 5.41) is 12.0. The number of benzene rings is 2. The fourth-order valence-electron chi connectivity index (χ4n) is 2.84. The molecule has 0 bridgehead atoms. The molecule has 3 aromatic rings. The molecular weight excluding hydrogens is 389 g/mol. The van der Waals surface area contributed by atoms with E-state index in [0.29, 0.717) is 18.1 Å². The molecular formula is C21H20FN5OS. The number of nitrogens with one attached hydrogen (secondary N) is 1. The lowest BCUT2D eigenvalue weighted by molar-refractivity contribution is 0.624. The molecule has 1 heterocycles. The summed E-state index contributed by atoms with van der Waals surface area (Å²) in [5.41, 5.74) is 3.34. The highest BCUT2D eigenvalue weighted by Gasteiger charge is 2.10. The fraction of sp³-hybridized carbons (Fsp3) is 0.190. The molecule has 0 amide bonds. The zero-order valence-corrected chi connectivity index (χ0v) is 16.9. The van der Waals surface area contributed by atoms with Gasteiger partial charge < -0.3 is 5.32 Å². The lowest BCUT2D eigenvalue weighted by Crippen LogP contribution is -2.20.